The summed E-state index contributed by atoms with van der Waals surface area (Å²) in [6, 6.07) is 4.42. The van der Waals surface area contributed by atoms with Crippen molar-refractivity contribution in [2.24, 2.45) is 0 Å². The van der Waals surface area contributed by atoms with E-state index in [0.29, 0.717) is 0 Å². The Morgan fingerprint density at radius 1 is 0.778 bits per heavy atom. The summed E-state index contributed by atoms with van der Waals surface area (Å²) in [7, 11) is 0. The highest BCUT2D eigenvalue weighted by Gasteiger charge is 2.39. The third kappa shape index (κ3) is 2.21. The molecule has 18 heavy (non-hydrogen) atoms. The molecular weight excluding hydrogens is 304 g/mol. The number of thioether (sulfide) groups is 4. The molecule has 0 saturated carbocycles. The summed E-state index contributed by atoms with van der Waals surface area (Å²) in [6.07, 6.45) is 0. The van der Waals surface area contributed by atoms with Gasteiger partial charge < -0.3 is 10.2 Å². The van der Waals surface area contributed by atoms with Crippen LogP contribution < -0.4 is 0 Å². The average Bonchev–Trinajstić information content (AvgIpc) is 2.82. The second-order valence-electron chi connectivity index (χ2n) is 4.74. The van der Waals surface area contributed by atoms with E-state index in [4.69, 9.17) is 0 Å². The highest BCUT2D eigenvalue weighted by molar-refractivity contribution is 8.21. The first-order valence-electron chi connectivity index (χ1n) is 5.63. The van der Waals surface area contributed by atoms with E-state index >= 15 is 0 Å². The molecular formula is C12H14O2S4. The Hall–Kier alpha value is 0.540. The molecule has 1 aromatic rings. The second kappa shape index (κ2) is 4.53. The van der Waals surface area contributed by atoms with Crippen molar-refractivity contribution in [3.63, 3.8) is 0 Å². The number of rotatable bonds is 2. The van der Waals surface area contributed by atoms with Gasteiger partial charge in [-0.2, -0.15) is 0 Å². The first-order valence-corrected chi connectivity index (χ1v) is 8.89. The van der Waals surface area contributed by atoms with Crippen molar-refractivity contribution in [1.29, 1.82) is 0 Å². The SMILES string of the molecule is CC1(CO)Sc2cc3c(cc2S1)SC(C)(CO)S3. The molecule has 3 rings (SSSR count). The minimum Gasteiger partial charge on any atom is -0.394 e. The van der Waals surface area contributed by atoms with Crippen LogP contribution in [0.25, 0.3) is 0 Å². The number of aliphatic hydroxyl groups excluding tert-OH is 2. The van der Waals surface area contributed by atoms with Gasteiger partial charge in [-0.05, 0) is 26.0 Å². The lowest BCUT2D eigenvalue weighted by Crippen LogP contribution is -2.16. The minimum atomic E-state index is -0.146. The molecule has 6 heteroatoms. The van der Waals surface area contributed by atoms with Crippen LogP contribution >= 0.6 is 47.0 Å². The van der Waals surface area contributed by atoms with E-state index < -0.39 is 0 Å². The van der Waals surface area contributed by atoms with Crippen molar-refractivity contribution in [3.8, 4) is 0 Å². The van der Waals surface area contributed by atoms with E-state index in [-0.39, 0.29) is 21.4 Å². The zero-order valence-corrected chi connectivity index (χ0v) is 13.4. The number of fused-ring (bicyclic) bond motifs is 2. The monoisotopic (exact) mass is 318 g/mol. The van der Waals surface area contributed by atoms with Gasteiger partial charge in [0.15, 0.2) is 0 Å². The van der Waals surface area contributed by atoms with Gasteiger partial charge in [0.25, 0.3) is 0 Å². The van der Waals surface area contributed by atoms with Crippen molar-refractivity contribution < 1.29 is 10.2 Å². The van der Waals surface area contributed by atoms with E-state index in [9.17, 15) is 10.2 Å². The van der Waals surface area contributed by atoms with Gasteiger partial charge in [-0.3, -0.25) is 0 Å². The molecule has 1 aromatic carbocycles. The Kier molecular flexibility index (Phi) is 3.40. The third-order valence-corrected chi connectivity index (χ3v) is 8.62. The van der Waals surface area contributed by atoms with Crippen molar-refractivity contribution in [1.82, 2.24) is 0 Å². The Morgan fingerprint density at radius 3 is 1.28 bits per heavy atom. The maximum absolute atomic E-state index is 9.44. The molecule has 0 bridgehead atoms. The van der Waals surface area contributed by atoms with Crippen molar-refractivity contribution in [3.05, 3.63) is 12.1 Å². The van der Waals surface area contributed by atoms with Crippen LogP contribution in [0.3, 0.4) is 0 Å². The molecule has 2 aliphatic rings. The fraction of sp³-hybridized carbons (Fsp3) is 0.500. The van der Waals surface area contributed by atoms with Crippen LogP contribution in [0.5, 0.6) is 0 Å². The number of benzene rings is 1. The molecule has 2 N–H and O–H groups in total. The number of aliphatic hydroxyl groups is 2. The van der Waals surface area contributed by atoms with E-state index in [1.54, 1.807) is 47.0 Å². The quantitative estimate of drug-likeness (QED) is 0.870. The summed E-state index contributed by atoms with van der Waals surface area (Å²) in [5.74, 6) is 0. The van der Waals surface area contributed by atoms with Crippen molar-refractivity contribution in [2.45, 2.75) is 41.6 Å². The summed E-state index contributed by atoms with van der Waals surface area (Å²) in [5, 5.41) is 18.9. The maximum Gasteiger partial charge on any atom is 0.0907 e. The van der Waals surface area contributed by atoms with Crippen LogP contribution in [0, 0.1) is 0 Å². The van der Waals surface area contributed by atoms with Gasteiger partial charge in [-0.1, -0.05) is 0 Å². The van der Waals surface area contributed by atoms with E-state index in [0.717, 1.165) is 0 Å². The van der Waals surface area contributed by atoms with Crippen molar-refractivity contribution >= 4 is 47.0 Å². The minimum absolute atomic E-state index is 0.146. The van der Waals surface area contributed by atoms with E-state index in [1.807, 2.05) is 0 Å². The lowest BCUT2D eigenvalue weighted by Gasteiger charge is -2.18. The standard InChI is InChI=1S/C12H14O2S4/c1-11(5-13)15-7-3-9-10(4-8(7)16-11)18-12(2,6-14)17-9/h3-4,13-14H,5-6H2,1-2H3. The highest BCUT2D eigenvalue weighted by atomic mass is 32.2. The van der Waals surface area contributed by atoms with Crippen LogP contribution in [-0.2, 0) is 0 Å². The van der Waals surface area contributed by atoms with Crippen LogP contribution in [0.1, 0.15) is 13.8 Å². The zero-order valence-electron chi connectivity index (χ0n) is 10.1. The second-order valence-corrected chi connectivity index (χ2v) is 11.4. The molecule has 2 heterocycles. The van der Waals surface area contributed by atoms with Crippen LogP contribution in [0.15, 0.2) is 31.7 Å². The summed E-state index contributed by atoms with van der Waals surface area (Å²) < 4.78 is -0.292. The predicted octanol–water partition coefficient (Wildman–Crippen LogP) is 3.50. The van der Waals surface area contributed by atoms with Crippen LogP contribution in [0.2, 0.25) is 0 Å². The fourth-order valence-electron chi connectivity index (χ4n) is 1.94. The Bertz CT molecular complexity index is 427. The van der Waals surface area contributed by atoms with Gasteiger partial charge >= 0.3 is 0 Å². The van der Waals surface area contributed by atoms with Gasteiger partial charge in [0, 0.05) is 19.6 Å². The highest BCUT2D eigenvalue weighted by Crippen LogP contribution is 2.61. The lowest BCUT2D eigenvalue weighted by molar-refractivity contribution is 0.291. The maximum atomic E-state index is 9.44. The summed E-state index contributed by atoms with van der Waals surface area (Å²) in [6.45, 7) is 4.50. The van der Waals surface area contributed by atoms with E-state index in [2.05, 4.69) is 26.0 Å². The molecule has 0 fully saturated rings. The molecule has 0 saturated heterocycles. The Balaban J connectivity index is 1.94. The zero-order chi connectivity index (χ0) is 13.0. The molecule has 2 nitrogen and oxygen atoms in total. The molecule has 0 amide bonds. The molecule has 0 unspecified atom stereocenters. The van der Waals surface area contributed by atoms with Gasteiger partial charge in [0.1, 0.15) is 0 Å². The topological polar surface area (TPSA) is 40.5 Å². The molecule has 0 atom stereocenters. The summed E-state index contributed by atoms with van der Waals surface area (Å²) in [5.41, 5.74) is 0. The van der Waals surface area contributed by atoms with Gasteiger partial charge in [0.2, 0.25) is 0 Å². The van der Waals surface area contributed by atoms with E-state index in [1.165, 1.54) is 19.6 Å². The average molecular weight is 319 g/mol. The first kappa shape index (κ1) is 13.5. The van der Waals surface area contributed by atoms with Crippen LogP contribution in [-0.4, -0.2) is 31.6 Å². The summed E-state index contributed by atoms with van der Waals surface area (Å²) in [4.78, 5) is 5.02. The van der Waals surface area contributed by atoms with Gasteiger partial charge in [0.05, 0.1) is 21.4 Å². The number of hydrogen-bond donors (Lipinski definition) is 2. The Morgan fingerprint density at radius 2 is 1.06 bits per heavy atom. The molecule has 0 spiro atoms. The molecule has 0 aromatic heterocycles. The molecule has 0 aliphatic carbocycles. The van der Waals surface area contributed by atoms with Crippen LogP contribution in [0.4, 0.5) is 0 Å². The fourth-order valence-corrected chi connectivity index (χ4v) is 7.47. The molecule has 0 radical (unpaired) electrons. The van der Waals surface area contributed by atoms with Gasteiger partial charge in [-0.25, -0.2) is 0 Å². The van der Waals surface area contributed by atoms with Gasteiger partial charge in [-0.15, -0.1) is 47.0 Å². The molecule has 98 valence electrons. The largest absolute Gasteiger partial charge is 0.394 e. The van der Waals surface area contributed by atoms with Crippen molar-refractivity contribution in [2.75, 3.05) is 13.2 Å². The Labute approximate surface area is 124 Å². The molecule has 2 aliphatic heterocycles. The third-order valence-electron chi connectivity index (χ3n) is 2.89. The number of hydrogen-bond acceptors (Lipinski definition) is 6. The first-order chi connectivity index (χ1) is 8.47. The predicted molar refractivity (Wildman–Crippen MR) is 80.9 cm³/mol. The normalized spacial score (nSPS) is 22.9. The smallest absolute Gasteiger partial charge is 0.0907 e. The summed E-state index contributed by atoms with van der Waals surface area (Å²) >= 11 is 6.96. The lowest BCUT2D eigenvalue weighted by atomic mass is 10.3.